The Morgan fingerprint density at radius 2 is 2.38 bits per heavy atom. The lowest BCUT2D eigenvalue weighted by atomic mass is 10.1. The molecular formula is C10H11BrN2. The summed E-state index contributed by atoms with van der Waals surface area (Å²) in [4.78, 5) is 7.41. The molecule has 0 aromatic carbocycles. The molecule has 2 rings (SSSR count). The molecule has 0 atom stereocenters. The van der Waals surface area contributed by atoms with E-state index in [2.05, 4.69) is 38.2 Å². The van der Waals surface area contributed by atoms with Crippen molar-refractivity contribution in [2.45, 2.75) is 12.8 Å². The van der Waals surface area contributed by atoms with E-state index in [0.717, 1.165) is 17.4 Å². The Labute approximate surface area is 85.5 Å². The Kier molecular flexibility index (Phi) is 2.64. The van der Waals surface area contributed by atoms with Crippen LogP contribution in [0.4, 0.5) is 0 Å². The highest BCUT2D eigenvalue weighted by Crippen LogP contribution is 2.17. The van der Waals surface area contributed by atoms with Crippen LogP contribution in [0.15, 0.2) is 24.5 Å². The number of H-pyrrole nitrogens is 1. The van der Waals surface area contributed by atoms with E-state index in [4.69, 9.17) is 0 Å². The fraction of sp³-hybridized carbons (Fsp3) is 0.300. The molecule has 68 valence electrons. The SMILES string of the molecule is BrCCCc1c[nH]c2ncccc12. The Hall–Kier alpha value is -0.830. The molecule has 0 aliphatic heterocycles. The highest BCUT2D eigenvalue weighted by Gasteiger charge is 2.02. The number of hydrogen-bond acceptors (Lipinski definition) is 1. The van der Waals surface area contributed by atoms with E-state index in [0.29, 0.717) is 0 Å². The molecule has 2 aromatic heterocycles. The van der Waals surface area contributed by atoms with Gasteiger partial charge < -0.3 is 4.98 Å². The van der Waals surface area contributed by atoms with E-state index in [9.17, 15) is 0 Å². The number of aromatic nitrogens is 2. The number of aromatic amines is 1. The molecule has 2 heterocycles. The lowest BCUT2D eigenvalue weighted by molar-refractivity contribution is 0.947. The first kappa shape index (κ1) is 8.75. The first-order valence-corrected chi connectivity index (χ1v) is 5.51. The number of fused-ring (bicyclic) bond motifs is 1. The van der Waals surface area contributed by atoms with Crippen molar-refractivity contribution in [2.24, 2.45) is 0 Å². The first-order valence-electron chi connectivity index (χ1n) is 4.39. The van der Waals surface area contributed by atoms with Gasteiger partial charge in [0.05, 0.1) is 0 Å². The number of aryl methyl sites for hydroxylation is 1. The second-order valence-electron chi connectivity index (χ2n) is 3.01. The first-order chi connectivity index (χ1) is 6.42. The van der Waals surface area contributed by atoms with Gasteiger partial charge in [-0.25, -0.2) is 4.98 Å². The maximum Gasteiger partial charge on any atom is 0.137 e. The Morgan fingerprint density at radius 1 is 1.46 bits per heavy atom. The average Bonchev–Trinajstić information content (AvgIpc) is 2.58. The normalized spacial score (nSPS) is 10.8. The van der Waals surface area contributed by atoms with Gasteiger partial charge in [-0.2, -0.15) is 0 Å². The van der Waals surface area contributed by atoms with Crippen LogP contribution in [0.25, 0.3) is 11.0 Å². The van der Waals surface area contributed by atoms with Crippen molar-refractivity contribution in [3.8, 4) is 0 Å². The average molecular weight is 239 g/mol. The number of pyridine rings is 1. The van der Waals surface area contributed by atoms with Crippen LogP contribution in [0.3, 0.4) is 0 Å². The number of rotatable bonds is 3. The van der Waals surface area contributed by atoms with Crippen molar-refractivity contribution in [1.82, 2.24) is 9.97 Å². The Bertz CT molecular complexity index is 394. The Morgan fingerprint density at radius 3 is 3.23 bits per heavy atom. The fourth-order valence-corrected chi connectivity index (χ4v) is 1.76. The predicted octanol–water partition coefficient (Wildman–Crippen LogP) is 2.89. The number of hydrogen-bond donors (Lipinski definition) is 1. The third kappa shape index (κ3) is 1.75. The van der Waals surface area contributed by atoms with Crippen molar-refractivity contribution < 1.29 is 0 Å². The van der Waals surface area contributed by atoms with Crippen LogP contribution >= 0.6 is 15.9 Å². The summed E-state index contributed by atoms with van der Waals surface area (Å²) >= 11 is 3.43. The lowest BCUT2D eigenvalue weighted by Gasteiger charge is -1.94. The monoisotopic (exact) mass is 238 g/mol. The molecule has 0 aliphatic rings. The van der Waals surface area contributed by atoms with E-state index in [1.807, 2.05) is 12.3 Å². The van der Waals surface area contributed by atoms with Crippen LogP contribution in [0.2, 0.25) is 0 Å². The number of nitrogens with zero attached hydrogens (tertiary/aromatic N) is 1. The van der Waals surface area contributed by atoms with Crippen molar-refractivity contribution in [2.75, 3.05) is 5.33 Å². The molecule has 0 unspecified atom stereocenters. The van der Waals surface area contributed by atoms with Crippen LogP contribution in [-0.2, 0) is 6.42 Å². The molecule has 0 amide bonds. The lowest BCUT2D eigenvalue weighted by Crippen LogP contribution is -1.83. The van der Waals surface area contributed by atoms with Crippen LogP contribution < -0.4 is 0 Å². The van der Waals surface area contributed by atoms with Gasteiger partial charge >= 0.3 is 0 Å². The topological polar surface area (TPSA) is 28.7 Å². The van der Waals surface area contributed by atoms with E-state index in [-0.39, 0.29) is 0 Å². The molecule has 3 heteroatoms. The number of nitrogens with one attached hydrogen (secondary N) is 1. The van der Waals surface area contributed by atoms with Gasteiger partial charge in [0.1, 0.15) is 5.65 Å². The summed E-state index contributed by atoms with van der Waals surface area (Å²) in [7, 11) is 0. The van der Waals surface area contributed by atoms with Crippen molar-refractivity contribution >= 4 is 27.0 Å². The summed E-state index contributed by atoms with van der Waals surface area (Å²) in [6.45, 7) is 0. The van der Waals surface area contributed by atoms with E-state index in [1.54, 1.807) is 0 Å². The molecule has 0 radical (unpaired) electrons. The minimum Gasteiger partial charge on any atom is -0.346 e. The van der Waals surface area contributed by atoms with Gasteiger partial charge in [-0.15, -0.1) is 0 Å². The zero-order valence-corrected chi connectivity index (χ0v) is 8.84. The minimum absolute atomic E-state index is 0.993. The van der Waals surface area contributed by atoms with E-state index < -0.39 is 0 Å². The molecule has 2 aromatic rings. The molecular weight excluding hydrogens is 228 g/mol. The summed E-state index contributed by atoms with van der Waals surface area (Å²) < 4.78 is 0. The van der Waals surface area contributed by atoms with Crippen molar-refractivity contribution in [3.05, 3.63) is 30.1 Å². The summed E-state index contributed by atoms with van der Waals surface area (Å²) in [5.41, 5.74) is 2.36. The van der Waals surface area contributed by atoms with Gasteiger partial charge in [0.25, 0.3) is 0 Å². The smallest absolute Gasteiger partial charge is 0.137 e. The molecule has 13 heavy (non-hydrogen) atoms. The standard InChI is InChI=1S/C10H11BrN2/c11-5-1-3-8-7-13-10-9(8)4-2-6-12-10/h2,4,6-7H,1,3,5H2,(H,12,13). The van der Waals surface area contributed by atoms with Gasteiger partial charge in [0.15, 0.2) is 0 Å². The maximum absolute atomic E-state index is 4.24. The highest BCUT2D eigenvalue weighted by atomic mass is 79.9. The summed E-state index contributed by atoms with van der Waals surface area (Å²) in [5.74, 6) is 0. The van der Waals surface area contributed by atoms with Crippen molar-refractivity contribution in [1.29, 1.82) is 0 Å². The molecule has 1 N–H and O–H groups in total. The second kappa shape index (κ2) is 3.92. The Balaban J connectivity index is 2.35. The third-order valence-corrected chi connectivity index (χ3v) is 2.68. The van der Waals surface area contributed by atoms with Crippen LogP contribution in [0, 0.1) is 0 Å². The van der Waals surface area contributed by atoms with Gasteiger partial charge in [0, 0.05) is 23.1 Å². The molecule has 0 fully saturated rings. The largest absolute Gasteiger partial charge is 0.346 e. The third-order valence-electron chi connectivity index (χ3n) is 2.12. The van der Waals surface area contributed by atoms with Crippen LogP contribution in [0.1, 0.15) is 12.0 Å². The zero-order valence-electron chi connectivity index (χ0n) is 7.26. The maximum atomic E-state index is 4.24. The molecule has 0 bridgehead atoms. The van der Waals surface area contributed by atoms with Crippen LogP contribution in [-0.4, -0.2) is 15.3 Å². The van der Waals surface area contributed by atoms with Crippen molar-refractivity contribution in [3.63, 3.8) is 0 Å². The summed E-state index contributed by atoms with van der Waals surface area (Å²) in [5, 5.41) is 2.31. The van der Waals surface area contributed by atoms with Gasteiger partial charge in [-0.1, -0.05) is 15.9 Å². The summed E-state index contributed by atoms with van der Waals surface area (Å²) in [6, 6.07) is 4.09. The fourth-order valence-electron chi connectivity index (χ4n) is 1.48. The minimum atomic E-state index is 0.993. The molecule has 0 saturated carbocycles. The molecule has 0 saturated heterocycles. The molecule has 2 nitrogen and oxygen atoms in total. The van der Waals surface area contributed by atoms with Gasteiger partial charge in [-0.05, 0) is 30.5 Å². The molecule has 0 spiro atoms. The van der Waals surface area contributed by atoms with E-state index in [1.165, 1.54) is 17.4 Å². The van der Waals surface area contributed by atoms with Gasteiger partial charge in [-0.3, -0.25) is 0 Å². The zero-order chi connectivity index (χ0) is 9.10. The quantitative estimate of drug-likeness (QED) is 0.819. The second-order valence-corrected chi connectivity index (χ2v) is 3.80. The number of alkyl halides is 1. The number of halogens is 1. The van der Waals surface area contributed by atoms with Crippen LogP contribution in [0.5, 0.6) is 0 Å². The molecule has 0 aliphatic carbocycles. The van der Waals surface area contributed by atoms with E-state index >= 15 is 0 Å². The van der Waals surface area contributed by atoms with Gasteiger partial charge in [0.2, 0.25) is 0 Å². The predicted molar refractivity (Wildman–Crippen MR) is 58.2 cm³/mol. The highest BCUT2D eigenvalue weighted by molar-refractivity contribution is 9.09. The summed E-state index contributed by atoms with van der Waals surface area (Å²) in [6.07, 6.45) is 6.15.